The Kier molecular flexibility index (Phi) is 4.42. The van der Waals surface area contributed by atoms with Gasteiger partial charge in [-0.2, -0.15) is 0 Å². The highest BCUT2D eigenvalue weighted by atomic mass is 16.3. The van der Waals surface area contributed by atoms with Gasteiger partial charge in [0.05, 0.1) is 6.54 Å². The summed E-state index contributed by atoms with van der Waals surface area (Å²) in [5.41, 5.74) is 5.07. The molecule has 0 saturated heterocycles. The Morgan fingerprint density at radius 3 is 2.94 bits per heavy atom. The van der Waals surface area contributed by atoms with E-state index in [0.717, 1.165) is 43.4 Å². The van der Waals surface area contributed by atoms with Gasteiger partial charge in [-0.25, -0.2) is 0 Å². The van der Waals surface area contributed by atoms with Crippen molar-refractivity contribution in [3.8, 4) is 0 Å². The summed E-state index contributed by atoms with van der Waals surface area (Å²) in [6, 6.07) is 4.15. The molecule has 4 nitrogen and oxygen atoms in total. The molecular formula is C14H22N2O2. The van der Waals surface area contributed by atoms with Gasteiger partial charge in [-0.1, -0.05) is 6.92 Å². The largest absolute Gasteiger partial charge is 0.464 e. The second kappa shape index (κ2) is 6.05. The minimum absolute atomic E-state index is 0.218. The van der Waals surface area contributed by atoms with Gasteiger partial charge in [0.1, 0.15) is 11.5 Å². The molecule has 1 fully saturated rings. The normalized spacial score (nSPS) is 22.1. The van der Waals surface area contributed by atoms with E-state index in [-0.39, 0.29) is 5.91 Å². The van der Waals surface area contributed by atoms with E-state index >= 15 is 0 Å². The Hall–Kier alpha value is -1.29. The first-order chi connectivity index (χ1) is 8.66. The lowest BCUT2D eigenvalue weighted by Crippen LogP contribution is -2.15. The second-order valence-electron chi connectivity index (χ2n) is 5.22. The van der Waals surface area contributed by atoms with Crippen LogP contribution in [-0.4, -0.2) is 12.5 Å². The third-order valence-corrected chi connectivity index (χ3v) is 3.48. The van der Waals surface area contributed by atoms with E-state index in [1.807, 2.05) is 0 Å². The Labute approximate surface area is 108 Å². The molecule has 1 aromatic heterocycles. The predicted octanol–water partition coefficient (Wildman–Crippen LogP) is 2.15. The maximum Gasteiger partial charge on any atom is 0.217 e. The fraction of sp³-hybridized carbons (Fsp3) is 0.643. The SMILES string of the molecule is CC1CC1c1ccc(CNCCCCC(N)=O)o1. The molecule has 1 aliphatic carbocycles. The summed E-state index contributed by atoms with van der Waals surface area (Å²) >= 11 is 0. The number of unbranched alkanes of at least 4 members (excludes halogenated alkanes) is 1. The van der Waals surface area contributed by atoms with E-state index in [0.29, 0.717) is 12.3 Å². The van der Waals surface area contributed by atoms with E-state index in [4.69, 9.17) is 10.2 Å². The zero-order valence-corrected chi connectivity index (χ0v) is 10.9. The maximum absolute atomic E-state index is 10.5. The van der Waals surface area contributed by atoms with Crippen molar-refractivity contribution in [2.75, 3.05) is 6.54 Å². The Morgan fingerprint density at radius 2 is 2.28 bits per heavy atom. The summed E-state index contributed by atoms with van der Waals surface area (Å²) in [6.07, 6.45) is 3.56. The molecule has 0 radical (unpaired) electrons. The minimum atomic E-state index is -0.218. The van der Waals surface area contributed by atoms with Gasteiger partial charge in [0.15, 0.2) is 0 Å². The van der Waals surface area contributed by atoms with Crippen LogP contribution in [0, 0.1) is 5.92 Å². The fourth-order valence-corrected chi connectivity index (χ4v) is 2.17. The monoisotopic (exact) mass is 250 g/mol. The van der Waals surface area contributed by atoms with Crippen molar-refractivity contribution in [1.82, 2.24) is 5.32 Å². The number of carbonyl (C=O) groups excluding carboxylic acids is 1. The van der Waals surface area contributed by atoms with Crippen LogP contribution >= 0.6 is 0 Å². The molecule has 100 valence electrons. The van der Waals surface area contributed by atoms with Gasteiger partial charge < -0.3 is 15.5 Å². The molecular weight excluding hydrogens is 228 g/mol. The number of amides is 1. The van der Waals surface area contributed by atoms with Crippen molar-refractivity contribution in [1.29, 1.82) is 0 Å². The van der Waals surface area contributed by atoms with Crippen LogP contribution in [0.1, 0.15) is 50.0 Å². The number of carbonyl (C=O) groups is 1. The predicted molar refractivity (Wildman–Crippen MR) is 70.0 cm³/mol. The molecule has 1 aromatic rings. The van der Waals surface area contributed by atoms with Gasteiger partial charge in [-0.05, 0) is 43.9 Å². The molecule has 1 amide bonds. The Morgan fingerprint density at radius 1 is 1.50 bits per heavy atom. The van der Waals surface area contributed by atoms with Crippen molar-refractivity contribution in [2.45, 2.75) is 45.1 Å². The van der Waals surface area contributed by atoms with Gasteiger partial charge in [-0.15, -0.1) is 0 Å². The van der Waals surface area contributed by atoms with Gasteiger partial charge in [0, 0.05) is 12.3 Å². The molecule has 1 aliphatic rings. The smallest absolute Gasteiger partial charge is 0.217 e. The molecule has 4 heteroatoms. The topological polar surface area (TPSA) is 68.3 Å². The molecule has 0 bridgehead atoms. The molecule has 2 unspecified atom stereocenters. The van der Waals surface area contributed by atoms with Crippen LogP contribution in [-0.2, 0) is 11.3 Å². The van der Waals surface area contributed by atoms with E-state index in [1.54, 1.807) is 0 Å². The third-order valence-electron chi connectivity index (χ3n) is 3.48. The molecule has 3 N–H and O–H groups in total. The van der Waals surface area contributed by atoms with Crippen LogP contribution in [0.15, 0.2) is 16.5 Å². The number of furan rings is 1. The van der Waals surface area contributed by atoms with Crippen LogP contribution in [0.4, 0.5) is 0 Å². The number of hydrogen-bond acceptors (Lipinski definition) is 3. The van der Waals surface area contributed by atoms with E-state index in [1.165, 1.54) is 6.42 Å². The first-order valence-electron chi connectivity index (χ1n) is 6.74. The Bertz CT molecular complexity index is 400. The standard InChI is InChI=1S/C14H22N2O2/c1-10-8-12(10)13-6-5-11(18-13)9-16-7-3-2-4-14(15)17/h5-6,10,12,16H,2-4,7-9H2,1H3,(H2,15,17). The summed E-state index contributed by atoms with van der Waals surface area (Å²) in [4.78, 5) is 10.5. The van der Waals surface area contributed by atoms with Gasteiger partial charge >= 0.3 is 0 Å². The van der Waals surface area contributed by atoms with Crippen molar-refractivity contribution < 1.29 is 9.21 Å². The average molecular weight is 250 g/mol. The van der Waals surface area contributed by atoms with Crippen molar-refractivity contribution in [2.24, 2.45) is 11.7 Å². The maximum atomic E-state index is 10.5. The first kappa shape index (κ1) is 13.1. The quantitative estimate of drug-likeness (QED) is 0.695. The molecule has 18 heavy (non-hydrogen) atoms. The third kappa shape index (κ3) is 3.88. The lowest BCUT2D eigenvalue weighted by Gasteiger charge is -2.01. The number of primary amides is 1. The molecule has 1 heterocycles. The van der Waals surface area contributed by atoms with E-state index < -0.39 is 0 Å². The lowest BCUT2D eigenvalue weighted by molar-refractivity contribution is -0.118. The van der Waals surface area contributed by atoms with Crippen LogP contribution in [0.2, 0.25) is 0 Å². The van der Waals surface area contributed by atoms with Gasteiger partial charge in [0.2, 0.25) is 5.91 Å². The molecule has 2 atom stereocenters. The summed E-state index contributed by atoms with van der Waals surface area (Å²) in [5, 5.41) is 3.31. The van der Waals surface area contributed by atoms with Crippen LogP contribution in [0.5, 0.6) is 0 Å². The van der Waals surface area contributed by atoms with E-state index in [2.05, 4.69) is 24.4 Å². The Balaban J connectivity index is 1.59. The zero-order valence-electron chi connectivity index (χ0n) is 10.9. The average Bonchev–Trinajstić information content (AvgIpc) is 2.88. The molecule has 0 aromatic carbocycles. The van der Waals surface area contributed by atoms with E-state index in [9.17, 15) is 4.79 Å². The minimum Gasteiger partial charge on any atom is -0.464 e. The lowest BCUT2D eigenvalue weighted by atomic mass is 10.2. The molecule has 0 spiro atoms. The highest BCUT2D eigenvalue weighted by Gasteiger charge is 2.36. The summed E-state index contributed by atoms with van der Waals surface area (Å²) in [5.74, 6) is 3.34. The van der Waals surface area contributed by atoms with Crippen molar-refractivity contribution in [3.05, 3.63) is 23.7 Å². The van der Waals surface area contributed by atoms with Crippen LogP contribution in [0.3, 0.4) is 0 Å². The van der Waals surface area contributed by atoms with Crippen molar-refractivity contribution >= 4 is 5.91 Å². The second-order valence-corrected chi connectivity index (χ2v) is 5.22. The van der Waals surface area contributed by atoms with Gasteiger partial charge in [-0.3, -0.25) is 4.79 Å². The molecule has 2 rings (SSSR count). The summed E-state index contributed by atoms with van der Waals surface area (Å²) in [6.45, 7) is 3.91. The van der Waals surface area contributed by atoms with Crippen molar-refractivity contribution in [3.63, 3.8) is 0 Å². The number of nitrogens with one attached hydrogen (secondary N) is 1. The molecule has 1 saturated carbocycles. The fourth-order valence-electron chi connectivity index (χ4n) is 2.17. The highest BCUT2D eigenvalue weighted by molar-refractivity contribution is 5.73. The van der Waals surface area contributed by atoms with Crippen LogP contribution < -0.4 is 11.1 Å². The number of rotatable bonds is 8. The summed E-state index contributed by atoms with van der Waals surface area (Å²) in [7, 11) is 0. The summed E-state index contributed by atoms with van der Waals surface area (Å²) < 4.78 is 5.79. The highest BCUT2D eigenvalue weighted by Crippen LogP contribution is 2.47. The van der Waals surface area contributed by atoms with Crippen LogP contribution in [0.25, 0.3) is 0 Å². The number of nitrogens with two attached hydrogens (primary N) is 1. The number of hydrogen-bond donors (Lipinski definition) is 2. The van der Waals surface area contributed by atoms with Gasteiger partial charge in [0.25, 0.3) is 0 Å². The molecule has 0 aliphatic heterocycles. The first-order valence-corrected chi connectivity index (χ1v) is 6.74. The zero-order chi connectivity index (χ0) is 13.0.